The van der Waals surface area contributed by atoms with Gasteiger partial charge < -0.3 is 23.8 Å². The lowest BCUT2D eigenvalue weighted by Crippen LogP contribution is -2.65. The van der Waals surface area contributed by atoms with Crippen molar-refractivity contribution in [2.45, 2.75) is 50.7 Å². The number of amides is 2. The van der Waals surface area contributed by atoms with Gasteiger partial charge in [0.15, 0.2) is 11.5 Å². The van der Waals surface area contributed by atoms with Crippen LogP contribution in [-0.4, -0.2) is 42.2 Å². The maximum Gasteiger partial charge on any atom is 0.275 e. The van der Waals surface area contributed by atoms with Gasteiger partial charge in [-0.05, 0) is 56.2 Å². The second-order valence-electron chi connectivity index (χ2n) is 9.08. The van der Waals surface area contributed by atoms with Crippen LogP contribution in [0.15, 0.2) is 53.1 Å². The van der Waals surface area contributed by atoms with Crippen LogP contribution in [0.5, 0.6) is 11.5 Å². The van der Waals surface area contributed by atoms with E-state index in [2.05, 4.69) is 5.32 Å². The standard InChI is InChI=1S/C26H29N3O5/c1-26(25(31)27-17-7-4-5-8-17)16-28-19(21-9-6-14-34-21)11-12-20(28)24(30)29(26)18-10-13-22(32-2)23(15-18)33-3/h6,9-15,17H,4-5,7-8,16H2,1-3H3,(H,27,31)/t26-/m1/s1. The van der Waals surface area contributed by atoms with E-state index in [1.165, 1.54) is 0 Å². The fraction of sp³-hybridized carbons (Fsp3) is 0.385. The molecule has 2 aromatic heterocycles. The van der Waals surface area contributed by atoms with Crippen molar-refractivity contribution in [2.24, 2.45) is 0 Å². The van der Waals surface area contributed by atoms with Crippen LogP contribution in [0.3, 0.4) is 0 Å². The zero-order chi connectivity index (χ0) is 23.9. The molecule has 5 rings (SSSR count). The van der Waals surface area contributed by atoms with E-state index in [1.807, 2.05) is 29.7 Å². The predicted octanol–water partition coefficient (Wildman–Crippen LogP) is 4.24. The summed E-state index contributed by atoms with van der Waals surface area (Å²) in [5.74, 6) is 1.25. The Kier molecular flexibility index (Phi) is 5.59. The number of nitrogens with zero attached hydrogens (tertiary/aromatic N) is 2. The van der Waals surface area contributed by atoms with Crippen molar-refractivity contribution in [3.63, 3.8) is 0 Å². The summed E-state index contributed by atoms with van der Waals surface area (Å²) in [7, 11) is 3.11. The minimum absolute atomic E-state index is 0.127. The number of anilines is 1. The van der Waals surface area contributed by atoms with Crippen molar-refractivity contribution >= 4 is 17.5 Å². The highest BCUT2D eigenvalue weighted by atomic mass is 16.5. The van der Waals surface area contributed by atoms with E-state index in [-0.39, 0.29) is 24.4 Å². The number of benzene rings is 1. The first kappa shape index (κ1) is 22.1. The number of carbonyl (C=O) groups is 2. The minimum atomic E-state index is -1.17. The second kappa shape index (κ2) is 8.59. The maximum atomic E-state index is 13.9. The Bertz CT molecular complexity index is 1210. The molecule has 1 saturated carbocycles. The molecule has 8 nitrogen and oxygen atoms in total. The number of fused-ring (bicyclic) bond motifs is 1. The summed E-state index contributed by atoms with van der Waals surface area (Å²) in [4.78, 5) is 29.3. The average Bonchev–Trinajstić information content (AvgIpc) is 3.60. The van der Waals surface area contributed by atoms with Crippen LogP contribution < -0.4 is 19.7 Å². The molecule has 1 aliphatic carbocycles. The van der Waals surface area contributed by atoms with Gasteiger partial charge in [0.05, 0.1) is 32.7 Å². The summed E-state index contributed by atoms with van der Waals surface area (Å²) in [5.41, 5.74) is 0.651. The Morgan fingerprint density at radius 3 is 2.47 bits per heavy atom. The number of carbonyl (C=O) groups excluding carboxylic acids is 2. The zero-order valence-corrected chi connectivity index (χ0v) is 19.7. The lowest BCUT2D eigenvalue weighted by atomic mass is 9.93. The van der Waals surface area contributed by atoms with Gasteiger partial charge in [-0.3, -0.25) is 14.5 Å². The topological polar surface area (TPSA) is 85.9 Å². The van der Waals surface area contributed by atoms with Crippen molar-refractivity contribution < 1.29 is 23.5 Å². The van der Waals surface area contributed by atoms with Gasteiger partial charge in [0, 0.05) is 17.8 Å². The molecule has 1 fully saturated rings. The molecule has 8 heteroatoms. The molecule has 1 atom stereocenters. The van der Waals surface area contributed by atoms with Gasteiger partial charge in [-0.15, -0.1) is 0 Å². The van der Waals surface area contributed by atoms with Crippen LogP contribution in [0.4, 0.5) is 5.69 Å². The molecule has 0 unspecified atom stereocenters. The van der Waals surface area contributed by atoms with Crippen molar-refractivity contribution in [2.75, 3.05) is 19.1 Å². The molecule has 2 amide bonds. The van der Waals surface area contributed by atoms with Gasteiger partial charge in [-0.1, -0.05) is 12.8 Å². The fourth-order valence-corrected chi connectivity index (χ4v) is 5.13. The Morgan fingerprint density at radius 1 is 1.06 bits per heavy atom. The van der Waals surface area contributed by atoms with Crippen molar-refractivity contribution in [1.82, 2.24) is 9.88 Å². The summed E-state index contributed by atoms with van der Waals surface area (Å²) >= 11 is 0. The van der Waals surface area contributed by atoms with Crippen molar-refractivity contribution in [3.8, 4) is 23.0 Å². The van der Waals surface area contributed by atoms with Crippen LogP contribution in [0.25, 0.3) is 11.5 Å². The molecule has 3 heterocycles. The molecule has 3 aromatic rings. The van der Waals surface area contributed by atoms with Gasteiger partial charge in [0.2, 0.25) is 5.91 Å². The molecule has 34 heavy (non-hydrogen) atoms. The third-order valence-corrected chi connectivity index (χ3v) is 6.94. The summed E-state index contributed by atoms with van der Waals surface area (Å²) in [6.45, 7) is 2.10. The summed E-state index contributed by atoms with van der Waals surface area (Å²) in [5, 5.41) is 3.21. The molecular weight excluding hydrogens is 434 g/mol. The average molecular weight is 464 g/mol. The van der Waals surface area contributed by atoms with Crippen molar-refractivity contribution in [1.29, 1.82) is 0 Å². The third-order valence-electron chi connectivity index (χ3n) is 6.94. The van der Waals surface area contributed by atoms with Crippen LogP contribution in [0, 0.1) is 0 Å². The van der Waals surface area contributed by atoms with Crippen LogP contribution in [-0.2, 0) is 11.3 Å². The normalized spacial score (nSPS) is 20.3. The first-order chi connectivity index (χ1) is 16.5. The quantitative estimate of drug-likeness (QED) is 0.591. The lowest BCUT2D eigenvalue weighted by Gasteiger charge is -2.44. The van der Waals surface area contributed by atoms with Gasteiger partial charge in [-0.2, -0.15) is 0 Å². The zero-order valence-electron chi connectivity index (χ0n) is 19.7. The maximum absolute atomic E-state index is 13.9. The van der Waals surface area contributed by atoms with E-state index in [4.69, 9.17) is 13.9 Å². The van der Waals surface area contributed by atoms with Crippen molar-refractivity contribution in [3.05, 3.63) is 54.4 Å². The molecule has 1 aliphatic heterocycles. The predicted molar refractivity (Wildman–Crippen MR) is 127 cm³/mol. The third kappa shape index (κ3) is 3.54. The first-order valence-electron chi connectivity index (χ1n) is 11.6. The van der Waals surface area contributed by atoms with Crippen LogP contribution in [0.2, 0.25) is 0 Å². The molecule has 0 bridgehead atoms. The largest absolute Gasteiger partial charge is 0.493 e. The molecular formula is C26H29N3O5. The minimum Gasteiger partial charge on any atom is -0.493 e. The summed E-state index contributed by atoms with van der Waals surface area (Å²) < 4.78 is 18.3. The summed E-state index contributed by atoms with van der Waals surface area (Å²) in [6.07, 6.45) is 5.72. The number of aromatic nitrogens is 1. The highest BCUT2D eigenvalue weighted by Gasteiger charge is 2.49. The van der Waals surface area contributed by atoms with E-state index in [1.54, 1.807) is 49.6 Å². The number of hydrogen-bond acceptors (Lipinski definition) is 5. The van der Waals surface area contributed by atoms with E-state index < -0.39 is 5.54 Å². The number of hydrogen-bond donors (Lipinski definition) is 1. The molecule has 0 radical (unpaired) electrons. The van der Waals surface area contributed by atoms with Gasteiger partial charge in [0.1, 0.15) is 17.0 Å². The number of methoxy groups -OCH3 is 2. The number of rotatable bonds is 6. The van der Waals surface area contributed by atoms with Crippen LogP contribution >= 0.6 is 0 Å². The smallest absolute Gasteiger partial charge is 0.275 e. The van der Waals surface area contributed by atoms with E-state index in [0.717, 1.165) is 31.4 Å². The monoisotopic (exact) mass is 463 g/mol. The Morgan fingerprint density at radius 2 is 1.79 bits per heavy atom. The number of ether oxygens (including phenoxy) is 2. The number of furan rings is 1. The van der Waals surface area contributed by atoms with E-state index in [9.17, 15) is 9.59 Å². The van der Waals surface area contributed by atoms with Gasteiger partial charge >= 0.3 is 0 Å². The lowest BCUT2D eigenvalue weighted by molar-refractivity contribution is -0.127. The highest BCUT2D eigenvalue weighted by Crippen LogP contribution is 2.40. The van der Waals surface area contributed by atoms with Crippen LogP contribution in [0.1, 0.15) is 43.1 Å². The van der Waals surface area contributed by atoms with Gasteiger partial charge in [-0.25, -0.2) is 0 Å². The molecule has 0 spiro atoms. The molecule has 0 saturated heterocycles. The fourth-order valence-electron chi connectivity index (χ4n) is 5.13. The first-order valence-corrected chi connectivity index (χ1v) is 11.6. The second-order valence-corrected chi connectivity index (χ2v) is 9.08. The van der Waals surface area contributed by atoms with E-state index >= 15 is 0 Å². The number of nitrogens with one attached hydrogen (secondary N) is 1. The Hall–Kier alpha value is -3.68. The SMILES string of the molecule is COc1ccc(N2C(=O)c3ccc(-c4ccco4)n3C[C@]2(C)C(=O)NC2CCCC2)cc1OC. The van der Waals surface area contributed by atoms with E-state index in [0.29, 0.717) is 28.6 Å². The molecule has 1 aromatic carbocycles. The molecule has 2 aliphatic rings. The summed E-state index contributed by atoms with van der Waals surface area (Å²) in [6, 6.07) is 12.7. The highest BCUT2D eigenvalue weighted by molar-refractivity contribution is 6.12. The van der Waals surface area contributed by atoms with Gasteiger partial charge in [0.25, 0.3) is 5.91 Å². The molecule has 1 N–H and O–H groups in total. The molecule has 178 valence electrons. The Labute approximate surface area is 198 Å². The Balaban J connectivity index is 1.62.